The van der Waals surface area contributed by atoms with Crippen LogP contribution < -0.4 is 10.1 Å². The molecule has 30 heavy (non-hydrogen) atoms. The predicted octanol–water partition coefficient (Wildman–Crippen LogP) is 5.54. The highest BCUT2D eigenvalue weighted by Gasteiger charge is 2.11. The number of anilines is 1. The van der Waals surface area contributed by atoms with Crippen molar-refractivity contribution in [2.24, 2.45) is 0 Å². The molecule has 0 spiro atoms. The molecule has 154 valence electrons. The number of amides is 1. The van der Waals surface area contributed by atoms with Crippen LogP contribution >= 0.6 is 0 Å². The van der Waals surface area contributed by atoms with Gasteiger partial charge in [-0.15, -0.1) is 0 Å². The standard InChI is InChI=1S/C25H27N3O2/c1-18(2)16-22-25(28-24(29)11-7-10-19-8-5-4-6-9-19)26-17-23(27-22)20-12-14-21(30-3)15-13-20/h4-6,8-9,12-17H,7,10-11H2,1-3H3,(H,26,28,29). The van der Waals surface area contributed by atoms with Crippen LogP contribution in [0.15, 0.2) is 66.4 Å². The molecule has 0 saturated heterocycles. The maximum Gasteiger partial charge on any atom is 0.225 e. The third kappa shape index (κ3) is 6.01. The van der Waals surface area contributed by atoms with Gasteiger partial charge in [0.05, 0.1) is 19.0 Å². The fraction of sp³-hybridized carbons (Fsp3) is 0.240. The monoisotopic (exact) mass is 401 g/mol. The summed E-state index contributed by atoms with van der Waals surface area (Å²) in [5.41, 5.74) is 4.65. The number of nitrogens with zero attached hydrogens (tertiary/aromatic N) is 2. The van der Waals surface area contributed by atoms with E-state index in [4.69, 9.17) is 9.72 Å². The zero-order valence-electron chi connectivity index (χ0n) is 17.7. The lowest BCUT2D eigenvalue weighted by Gasteiger charge is -2.10. The van der Waals surface area contributed by atoms with Crippen molar-refractivity contribution in [1.29, 1.82) is 0 Å². The lowest BCUT2D eigenvalue weighted by atomic mass is 10.1. The van der Waals surface area contributed by atoms with E-state index in [2.05, 4.69) is 22.4 Å². The topological polar surface area (TPSA) is 64.1 Å². The molecule has 3 aromatic rings. The Kier molecular flexibility index (Phi) is 7.33. The van der Waals surface area contributed by atoms with E-state index < -0.39 is 0 Å². The van der Waals surface area contributed by atoms with Crippen molar-refractivity contribution in [1.82, 2.24) is 9.97 Å². The molecule has 0 radical (unpaired) electrons. The van der Waals surface area contributed by atoms with Crippen LogP contribution in [-0.4, -0.2) is 23.0 Å². The van der Waals surface area contributed by atoms with Gasteiger partial charge in [-0.3, -0.25) is 4.79 Å². The summed E-state index contributed by atoms with van der Waals surface area (Å²) in [5, 5.41) is 2.92. The smallest absolute Gasteiger partial charge is 0.225 e. The van der Waals surface area contributed by atoms with E-state index in [1.54, 1.807) is 13.3 Å². The molecule has 1 N–H and O–H groups in total. The summed E-state index contributed by atoms with van der Waals surface area (Å²) in [6.45, 7) is 3.99. The number of hydrogen-bond donors (Lipinski definition) is 1. The average molecular weight is 402 g/mol. The van der Waals surface area contributed by atoms with E-state index in [1.165, 1.54) is 5.56 Å². The first-order valence-electron chi connectivity index (χ1n) is 10.1. The lowest BCUT2D eigenvalue weighted by Crippen LogP contribution is -2.14. The Morgan fingerprint density at radius 2 is 1.80 bits per heavy atom. The second-order valence-corrected chi connectivity index (χ2v) is 7.33. The van der Waals surface area contributed by atoms with Crippen molar-refractivity contribution in [3.63, 3.8) is 0 Å². The van der Waals surface area contributed by atoms with Crippen LogP contribution in [0.3, 0.4) is 0 Å². The van der Waals surface area contributed by atoms with Crippen LogP contribution in [-0.2, 0) is 11.2 Å². The maximum atomic E-state index is 12.5. The highest BCUT2D eigenvalue weighted by atomic mass is 16.5. The summed E-state index contributed by atoms with van der Waals surface area (Å²) in [6, 6.07) is 17.8. The number of carbonyl (C=O) groups excluding carboxylic acids is 1. The van der Waals surface area contributed by atoms with Crippen molar-refractivity contribution in [2.75, 3.05) is 12.4 Å². The second-order valence-electron chi connectivity index (χ2n) is 7.33. The SMILES string of the molecule is COc1ccc(-c2cnc(NC(=O)CCCc3ccccc3)c(C=C(C)C)n2)cc1. The van der Waals surface area contributed by atoms with Crippen molar-refractivity contribution < 1.29 is 9.53 Å². The molecule has 0 unspecified atom stereocenters. The summed E-state index contributed by atoms with van der Waals surface area (Å²) in [7, 11) is 1.64. The Morgan fingerprint density at radius 1 is 1.07 bits per heavy atom. The molecule has 0 aliphatic heterocycles. The summed E-state index contributed by atoms with van der Waals surface area (Å²) in [6.07, 6.45) is 5.71. The van der Waals surface area contributed by atoms with Gasteiger partial charge < -0.3 is 10.1 Å². The molecule has 5 nitrogen and oxygen atoms in total. The number of rotatable bonds is 8. The van der Waals surface area contributed by atoms with Crippen molar-refractivity contribution in [3.05, 3.63) is 77.6 Å². The van der Waals surface area contributed by atoms with Crippen LogP contribution in [0, 0.1) is 0 Å². The molecule has 1 aromatic heterocycles. The van der Waals surface area contributed by atoms with Crippen LogP contribution in [0.4, 0.5) is 5.82 Å². The first kappa shape index (κ1) is 21.2. The van der Waals surface area contributed by atoms with Crippen LogP contribution in [0.25, 0.3) is 17.3 Å². The number of carbonyl (C=O) groups is 1. The number of allylic oxidation sites excluding steroid dienone is 1. The summed E-state index contributed by atoms with van der Waals surface area (Å²) in [4.78, 5) is 21.7. The fourth-order valence-corrected chi connectivity index (χ4v) is 3.07. The van der Waals surface area contributed by atoms with Gasteiger partial charge in [-0.25, -0.2) is 9.97 Å². The highest BCUT2D eigenvalue weighted by Crippen LogP contribution is 2.23. The first-order chi connectivity index (χ1) is 14.5. The number of methoxy groups -OCH3 is 1. The molecular formula is C25H27N3O2. The van der Waals surface area contributed by atoms with Gasteiger partial charge in [0, 0.05) is 12.0 Å². The van der Waals surface area contributed by atoms with Crippen molar-refractivity contribution >= 4 is 17.8 Å². The minimum Gasteiger partial charge on any atom is -0.497 e. The minimum absolute atomic E-state index is 0.0548. The van der Waals surface area contributed by atoms with E-state index in [0.717, 1.165) is 35.4 Å². The second kappa shape index (κ2) is 10.3. The molecule has 0 bridgehead atoms. The third-order valence-corrected chi connectivity index (χ3v) is 4.58. The minimum atomic E-state index is -0.0548. The average Bonchev–Trinajstić information content (AvgIpc) is 2.75. The summed E-state index contributed by atoms with van der Waals surface area (Å²) < 4.78 is 5.21. The van der Waals surface area contributed by atoms with Gasteiger partial charge >= 0.3 is 0 Å². The van der Waals surface area contributed by atoms with Crippen LogP contribution in [0.2, 0.25) is 0 Å². The molecule has 0 atom stereocenters. The van der Waals surface area contributed by atoms with E-state index in [9.17, 15) is 4.79 Å². The molecule has 1 heterocycles. The quantitative estimate of drug-likeness (QED) is 0.538. The van der Waals surface area contributed by atoms with E-state index in [0.29, 0.717) is 17.9 Å². The third-order valence-electron chi connectivity index (χ3n) is 4.58. The van der Waals surface area contributed by atoms with Gasteiger partial charge in [0.2, 0.25) is 5.91 Å². The van der Waals surface area contributed by atoms with Gasteiger partial charge in [0.15, 0.2) is 5.82 Å². The van der Waals surface area contributed by atoms with Crippen LogP contribution in [0.5, 0.6) is 5.75 Å². The van der Waals surface area contributed by atoms with Gasteiger partial charge in [-0.2, -0.15) is 0 Å². The number of benzene rings is 2. The zero-order chi connectivity index (χ0) is 21.3. The van der Waals surface area contributed by atoms with E-state index in [1.807, 2.05) is 62.4 Å². The molecular weight excluding hydrogens is 374 g/mol. The van der Waals surface area contributed by atoms with Gasteiger partial charge in [0.1, 0.15) is 11.4 Å². The number of aryl methyl sites for hydroxylation is 1. The Balaban J connectivity index is 1.71. The number of aromatic nitrogens is 2. The molecule has 1 amide bonds. The Bertz CT molecular complexity index is 1010. The Morgan fingerprint density at radius 3 is 2.47 bits per heavy atom. The van der Waals surface area contributed by atoms with E-state index in [-0.39, 0.29) is 5.91 Å². The van der Waals surface area contributed by atoms with Crippen molar-refractivity contribution in [3.8, 4) is 17.0 Å². The molecule has 3 rings (SSSR count). The molecule has 0 aliphatic rings. The maximum absolute atomic E-state index is 12.5. The van der Waals surface area contributed by atoms with E-state index >= 15 is 0 Å². The molecule has 5 heteroatoms. The largest absolute Gasteiger partial charge is 0.497 e. The highest BCUT2D eigenvalue weighted by molar-refractivity contribution is 5.91. The molecule has 0 saturated carbocycles. The van der Waals surface area contributed by atoms with Crippen molar-refractivity contribution in [2.45, 2.75) is 33.1 Å². The predicted molar refractivity (Wildman–Crippen MR) is 121 cm³/mol. The summed E-state index contributed by atoms with van der Waals surface area (Å²) in [5.74, 6) is 1.22. The van der Waals surface area contributed by atoms with Gasteiger partial charge in [-0.05, 0) is 62.6 Å². The molecule has 2 aromatic carbocycles. The van der Waals surface area contributed by atoms with Crippen LogP contribution in [0.1, 0.15) is 37.9 Å². The number of nitrogens with one attached hydrogen (secondary N) is 1. The van der Waals surface area contributed by atoms with Gasteiger partial charge in [0.25, 0.3) is 0 Å². The zero-order valence-corrected chi connectivity index (χ0v) is 17.7. The summed E-state index contributed by atoms with van der Waals surface area (Å²) >= 11 is 0. The Labute approximate surface area is 177 Å². The number of ether oxygens (including phenoxy) is 1. The Hall–Kier alpha value is -3.47. The number of hydrogen-bond acceptors (Lipinski definition) is 4. The first-order valence-corrected chi connectivity index (χ1v) is 10.1. The van der Waals surface area contributed by atoms with Gasteiger partial charge in [-0.1, -0.05) is 35.9 Å². The molecule has 0 aliphatic carbocycles. The normalized spacial score (nSPS) is 10.4. The fourth-order valence-electron chi connectivity index (χ4n) is 3.07. The lowest BCUT2D eigenvalue weighted by molar-refractivity contribution is -0.116. The molecule has 0 fully saturated rings.